The summed E-state index contributed by atoms with van der Waals surface area (Å²) in [6.45, 7) is 0. The van der Waals surface area contributed by atoms with Crippen LogP contribution >= 0.6 is 0 Å². The summed E-state index contributed by atoms with van der Waals surface area (Å²) in [6.07, 6.45) is 5.88. The molecule has 1 saturated carbocycles. The Kier molecular flexibility index (Phi) is 5.43. The SMILES string of the molecule is N#Cc1ccc(CC(=O)CC2CCC(c3ccccc3)CC2)cc1. The lowest BCUT2D eigenvalue weighted by molar-refractivity contribution is -0.119. The van der Waals surface area contributed by atoms with Gasteiger partial charge in [-0.3, -0.25) is 4.79 Å². The van der Waals surface area contributed by atoms with Crippen LogP contribution < -0.4 is 0 Å². The average molecular weight is 317 g/mol. The standard InChI is InChI=1S/C22H23NO/c23-16-19-8-6-17(7-9-19)14-22(24)15-18-10-12-21(13-11-18)20-4-2-1-3-5-20/h1-9,18,21H,10-15H2. The normalized spacial score (nSPS) is 20.3. The number of Topliss-reactive ketones (excluding diaryl/α,β-unsaturated/α-hetero) is 1. The molecule has 0 bridgehead atoms. The van der Waals surface area contributed by atoms with E-state index in [0.29, 0.717) is 36.0 Å². The zero-order valence-electron chi connectivity index (χ0n) is 13.9. The second-order valence-electron chi connectivity index (χ2n) is 6.86. The number of hydrogen-bond acceptors (Lipinski definition) is 2. The lowest BCUT2D eigenvalue weighted by Crippen LogP contribution is -2.17. The molecule has 24 heavy (non-hydrogen) atoms. The molecule has 0 saturated heterocycles. The molecule has 0 spiro atoms. The van der Waals surface area contributed by atoms with E-state index in [1.54, 1.807) is 12.1 Å². The monoisotopic (exact) mass is 317 g/mol. The van der Waals surface area contributed by atoms with Gasteiger partial charge >= 0.3 is 0 Å². The summed E-state index contributed by atoms with van der Waals surface area (Å²) in [5, 5.41) is 8.81. The molecule has 2 aromatic carbocycles. The molecule has 1 aliphatic rings. The number of nitriles is 1. The molecule has 122 valence electrons. The minimum atomic E-state index is 0.322. The first-order valence-electron chi connectivity index (χ1n) is 8.80. The summed E-state index contributed by atoms with van der Waals surface area (Å²) in [4.78, 5) is 12.3. The van der Waals surface area contributed by atoms with Gasteiger partial charge in [0, 0.05) is 12.8 Å². The summed E-state index contributed by atoms with van der Waals surface area (Å²) in [5.74, 6) is 1.52. The van der Waals surface area contributed by atoms with Crippen LogP contribution in [0.25, 0.3) is 0 Å². The Hall–Kier alpha value is -2.40. The van der Waals surface area contributed by atoms with E-state index in [1.807, 2.05) is 12.1 Å². The van der Waals surface area contributed by atoms with Crippen LogP contribution in [-0.4, -0.2) is 5.78 Å². The van der Waals surface area contributed by atoms with Gasteiger partial charge in [0.15, 0.2) is 0 Å². The van der Waals surface area contributed by atoms with E-state index >= 15 is 0 Å². The van der Waals surface area contributed by atoms with Gasteiger partial charge in [-0.2, -0.15) is 5.26 Å². The number of rotatable bonds is 5. The zero-order chi connectivity index (χ0) is 16.8. The number of benzene rings is 2. The molecule has 2 heteroatoms. The molecule has 2 aromatic rings. The highest BCUT2D eigenvalue weighted by Gasteiger charge is 2.23. The first-order valence-corrected chi connectivity index (χ1v) is 8.80. The molecule has 0 amide bonds. The van der Waals surface area contributed by atoms with Crippen molar-refractivity contribution in [1.29, 1.82) is 5.26 Å². The summed E-state index contributed by atoms with van der Waals surface area (Å²) in [5.41, 5.74) is 3.10. The number of hydrogen-bond donors (Lipinski definition) is 0. The summed E-state index contributed by atoms with van der Waals surface area (Å²) in [7, 11) is 0. The van der Waals surface area contributed by atoms with E-state index in [-0.39, 0.29) is 0 Å². The molecule has 2 nitrogen and oxygen atoms in total. The van der Waals surface area contributed by atoms with Gasteiger partial charge < -0.3 is 0 Å². The second kappa shape index (κ2) is 7.93. The van der Waals surface area contributed by atoms with Crippen molar-refractivity contribution < 1.29 is 4.79 Å². The average Bonchev–Trinajstić information content (AvgIpc) is 2.64. The first kappa shape index (κ1) is 16.5. The minimum Gasteiger partial charge on any atom is -0.299 e. The Morgan fingerprint density at radius 1 is 0.958 bits per heavy atom. The van der Waals surface area contributed by atoms with Gasteiger partial charge in [-0.1, -0.05) is 42.5 Å². The molecular weight excluding hydrogens is 294 g/mol. The maximum atomic E-state index is 12.3. The summed E-state index contributed by atoms with van der Waals surface area (Å²) in [6, 6.07) is 20.2. The summed E-state index contributed by atoms with van der Waals surface area (Å²) >= 11 is 0. The van der Waals surface area contributed by atoms with Crippen molar-refractivity contribution in [1.82, 2.24) is 0 Å². The van der Waals surface area contributed by atoms with Gasteiger partial charge in [-0.15, -0.1) is 0 Å². The van der Waals surface area contributed by atoms with Crippen LogP contribution in [-0.2, 0) is 11.2 Å². The number of carbonyl (C=O) groups excluding carboxylic acids is 1. The Labute approximate surface area is 144 Å². The van der Waals surface area contributed by atoms with Crippen LogP contribution in [0.4, 0.5) is 0 Å². The van der Waals surface area contributed by atoms with Crippen molar-refractivity contribution in [2.24, 2.45) is 5.92 Å². The number of nitrogens with zero attached hydrogens (tertiary/aromatic N) is 1. The van der Waals surface area contributed by atoms with Gasteiger partial charge in [-0.05, 0) is 60.8 Å². The van der Waals surface area contributed by atoms with Crippen LogP contribution in [0.5, 0.6) is 0 Å². The van der Waals surface area contributed by atoms with Gasteiger partial charge in [-0.25, -0.2) is 0 Å². The quantitative estimate of drug-likeness (QED) is 0.775. The highest BCUT2D eigenvalue weighted by atomic mass is 16.1. The van der Waals surface area contributed by atoms with Gasteiger partial charge in [0.05, 0.1) is 11.6 Å². The van der Waals surface area contributed by atoms with Crippen molar-refractivity contribution in [2.75, 3.05) is 0 Å². The molecule has 0 aromatic heterocycles. The molecule has 1 fully saturated rings. The zero-order valence-corrected chi connectivity index (χ0v) is 13.9. The molecule has 0 radical (unpaired) electrons. The first-order chi connectivity index (χ1) is 11.7. The highest BCUT2D eigenvalue weighted by Crippen LogP contribution is 2.37. The van der Waals surface area contributed by atoms with Crippen LogP contribution in [0, 0.1) is 17.2 Å². The van der Waals surface area contributed by atoms with E-state index < -0.39 is 0 Å². The van der Waals surface area contributed by atoms with E-state index in [2.05, 4.69) is 36.4 Å². The smallest absolute Gasteiger partial charge is 0.137 e. The van der Waals surface area contributed by atoms with Crippen molar-refractivity contribution in [3.63, 3.8) is 0 Å². The lowest BCUT2D eigenvalue weighted by Gasteiger charge is -2.28. The maximum Gasteiger partial charge on any atom is 0.137 e. The molecule has 3 rings (SSSR count). The number of ketones is 1. The van der Waals surface area contributed by atoms with Crippen LogP contribution in [0.3, 0.4) is 0 Å². The fourth-order valence-electron chi connectivity index (χ4n) is 3.74. The molecule has 0 atom stereocenters. The Morgan fingerprint density at radius 2 is 1.62 bits per heavy atom. The molecule has 0 unspecified atom stereocenters. The van der Waals surface area contributed by atoms with Crippen molar-refractivity contribution in [2.45, 2.75) is 44.4 Å². The van der Waals surface area contributed by atoms with E-state index in [4.69, 9.17) is 5.26 Å². The molecule has 0 heterocycles. The molecule has 0 N–H and O–H groups in total. The van der Waals surface area contributed by atoms with Crippen molar-refractivity contribution >= 4 is 5.78 Å². The van der Waals surface area contributed by atoms with Crippen LogP contribution in [0.1, 0.15) is 54.7 Å². The fraction of sp³-hybridized carbons (Fsp3) is 0.364. The minimum absolute atomic E-state index is 0.322. The number of carbonyl (C=O) groups is 1. The maximum absolute atomic E-state index is 12.3. The third-order valence-electron chi connectivity index (χ3n) is 5.12. The third kappa shape index (κ3) is 4.32. The van der Waals surface area contributed by atoms with Crippen molar-refractivity contribution in [3.8, 4) is 6.07 Å². The Bertz CT molecular complexity index is 704. The van der Waals surface area contributed by atoms with Gasteiger partial charge in [0.2, 0.25) is 0 Å². The fourth-order valence-corrected chi connectivity index (χ4v) is 3.74. The largest absolute Gasteiger partial charge is 0.299 e. The van der Waals surface area contributed by atoms with Crippen LogP contribution in [0.2, 0.25) is 0 Å². The van der Waals surface area contributed by atoms with Gasteiger partial charge in [0.25, 0.3) is 0 Å². The van der Waals surface area contributed by atoms with E-state index in [9.17, 15) is 4.79 Å². The third-order valence-corrected chi connectivity index (χ3v) is 5.12. The predicted molar refractivity (Wildman–Crippen MR) is 95.6 cm³/mol. The lowest BCUT2D eigenvalue weighted by atomic mass is 9.77. The molecule has 1 aliphatic carbocycles. The van der Waals surface area contributed by atoms with Gasteiger partial charge in [0.1, 0.15) is 5.78 Å². The topological polar surface area (TPSA) is 40.9 Å². The molecule has 0 aliphatic heterocycles. The molecular formula is C22H23NO. The summed E-state index contributed by atoms with van der Waals surface area (Å²) < 4.78 is 0. The Morgan fingerprint density at radius 3 is 2.25 bits per heavy atom. The van der Waals surface area contributed by atoms with Crippen LogP contribution in [0.15, 0.2) is 54.6 Å². The van der Waals surface area contributed by atoms with Crippen molar-refractivity contribution in [3.05, 3.63) is 71.3 Å². The second-order valence-corrected chi connectivity index (χ2v) is 6.86. The Balaban J connectivity index is 1.47. The highest BCUT2D eigenvalue weighted by molar-refractivity contribution is 5.81. The predicted octanol–water partition coefficient (Wildman–Crippen LogP) is 5.03. The van der Waals surface area contributed by atoms with E-state index in [0.717, 1.165) is 18.4 Å². The van der Waals surface area contributed by atoms with E-state index in [1.165, 1.54) is 18.4 Å².